The third-order valence-corrected chi connectivity index (χ3v) is 3.61. The number of ether oxygens (including phenoxy) is 2. The Morgan fingerprint density at radius 3 is 2.48 bits per heavy atom. The van der Waals surface area contributed by atoms with Gasteiger partial charge in [-0.1, -0.05) is 24.3 Å². The van der Waals surface area contributed by atoms with Crippen LogP contribution in [-0.2, 0) is 6.42 Å². The van der Waals surface area contributed by atoms with Gasteiger partial charge in [0.05, 0.1) is 13.7 Å². The number of phenols is 1. The maximum Gasteiger partial charge on any atom is 0.191 e. The summed E-state index contributed by atoms with van der Waals surface area (Å²) in [5, 5.41) is 16.4. The van der Waals surface area contributed by atoms with E-state index in [0.29, 0.717) is 37.8 Å². The van der Waals surface area contributed by atoms with Crippen LogP contribution in [-0.4, -0.2) is 44.9 Å². The summed E-state index contributed by atoms with van der Waals surface area (Å²) < 4.78 is 10.7. The van der Waals surface area contributed by atoms with Crippen molar-refractivity contribution in [3.05, 3.63) is 54.1 Å². The van der Waals surface area contributed by atoms with Crippen molar-refractivity contribution in [2.45, 2.75) is 6.42 Å². The van der Waals surface area contributed by atoms with E-state index in [1.807, 2.05) is 42.5 Å². The van der Waals surface area contributed by atoms with Gasteiger partial charge < -0.3 is 25.2 Å². The quantitative estimate of drug-likeness (QED) is 0.389. The van der Waals surface area contributed by atoms with Crippen LogP contribution in [0.25, 0.3) is 0 Å². The number of hydrogen-bond donors (Lipinski definition) is 3. The SMILES string of the molecule is CN=C(NCCOc1ccccc1)NCCc1ccc(OC)cc1O. The van der Waals surface area contributed by atoms with Crippen molar-refractivity contribution in [3.8, 4) is 17.2 Å². The molecule has 25 heavy (non-hydrogen) atoms. The van der Waals surface area contributed by atoms with E-state index in [4.69, 9.17) is 9.47 Å². The number of para-hydroxylation sites is 1. The van der Waals surface area contributed by atoms with E-state index in [-0.39, 0.29) is 5.75 Å². The van der Waals surface area contributed by atoms with Gasteiger partial charge in [-0.3, -0.25) is 4.99 Å². The second kappa shape index (κ2) is 10.1. The first-order chi connectivity index (χ1) is 12.2. The Kier molecular flexibility index (Phi) is 7.43. The Morgan fingerprint density at radius 2 is 1.80 bits per heavy atom. The second-order valence-corrected chi connectivity index (χ2v) is 5.33. The molecule has 0 fully saturated rings. The lowest BCUT2D eigenvalue weighted by molar-refractivity contribution is 0.322. The van der Waals surface area contributed by atoms with Crippen LogP contribution in [0, 0.1) is 0 Å². The summed E-state index contributed by atoms with van der Waals surface area (Å²) in [6, 6.07) is 15.0. The number of nitrogens with one attached hydrogen (secondary N) is 2. The van der Waals surface area contributed by atoms with Crippen LogP contribution in [0.15, 0.2) is 53.5 Å². The highest BCUT2D eigenvalue weighted by Crippen LogP contribution is 2.23. The molecule has 2 aromatic rings. The van der Waals surface area contributed by atoms with Gasteiger partial charge in [-0.2, -0.15) is 0 Å². The molecule has 3 N–H and O–H groups in total. The lowest BCUT2D eigenvalue weighted by atomic mass is 10.1. The molecule has 0 aliphatic carbocycles. The maximum atomic E-state index is 9.96. The molecule has 0 heterocycles. The van der Waals surface area contributed by atoms with Crippen molar-refractivity contribution >= 4 is 5.96 Å². The Balaban J connectivity index is 1.68. The molecule has 0 atom stereocenters. The van der Waals surface area contributed by atoms with Crippen molar-refractivity contribution in [2.24, 2.45) is 4.99 Å². The Hall–Kier alpha value is -2.89. The molecule has 6 nitrogen and oxygen atoms in total. The van der Waals surface area contributed by atoms with Gasteiger partial charge in [0.15, 0.2) is 5.96 Å². The highest BCUT2D eigenvalue weighted by atomic mass is 16.5. The number of aliphatic imine (C=N–C) groups is 1. The first-order valence-electron chi connectivity index (χ1n) is 8.21. The Morgan fingerprint density at radius 1 is 1.04 bits per heavy atom. The van der Waals surface area contributed by atoms with Gasteiger partial charge in [-0.15, -0.1) is 0 Å². The molecular weight excluding hydrogens is 318 g/mol. The summed E-state index contributed by atoms with van der Waals surface area (Å²) in [7, 11) is 3.30. The van der Waals surface area contributed by atoms with Crippen molar-refractivity contribution < 1.29 is 14.6 Å². The summed E-state index contributed by atoms with van der Waals surface area (Å²) in [6.07, 6.45) is 0.678. The summed E-state index contributed by atoms with van der Waals surface area (Å²) in [6.45, 7) is 1.84. The van der Waals surface area contributed by atoms with Gasteiger partial charge in [0.25, 0.3) is 0 Å². The van der Waals surface area contributed by atoms with Crippen LogP contribution in [0.2, 0.25) is 0 Å². The number of aromatic hydroxyl groups is 1. The molecule has 0 aliphatic rings. The predicted octanol–water partition coefficient (Wildman–Crippen LogP) is 2.19. The van der Waals surface area contributed by atoms with Crippen molar-refractivity contribution in [3.63, 3.8) is 0 Å². The minimum atomic E-state index is 0.236. The van der Waals surface area contributed by atoms with E-state index in [0.717, 1.165) is 11.3 Å². The van der Waals surface area contributed by atoms with Gasteiger partial charge >= 0.3 is 0 Å². The number of hydrogen-bond acceptors (Lipinski definition) is 4. The standard InChI is InChI=1S/C19H25N3O3/c1-20-19(22-12-13-25-16-6-4-3-5-7-16)21-11-10-15-8-9-17(24-2)14-18(15)23/h3-9,14,23H,10-13H2,1-2H3,(H2,20,21,22). The molecule has 0 saturated heterocycles. The first kappa shape index (κ1) is 18.4. The molecule has 0 aromatic heterocycles. The van der Waals surface area contributed by atoms with Crippen molar-refractivity contribution in [1.29, 1.82) is 0 Å². The van der Waals surface area contributed by atoms with E-state index in [1.165, 1.54) is 0 Å². The fourth-order valence-electron chi connectivity index (χ4n) is 2.27. The van der Waals surface area contributed by atoms with Crippen LogP contribution in [0.5, 0.6) is 17.2 Å². The largest absolute Gasteiger partial charge is 0.508 e. The van der Waals surface area contributed by atoms with Gasteiger partial charge in [0, 0.05) is 19.7 Å². The zero-order valence-corrected chi connectivity index (χ0v) is 14.7. The summed E-state index contributed by atoms with van der Waals surface area (Å²) in [4.78, 5) is 4.17. The molecular formula is C19H25N3O3. The molecule has 2 rings (SSSR count). The van der Waals surface area contributed by atoms with Crippen LogP contribution < -0.4 is 20.1 Å². The highest BCUT2D eigenvalue weighted by Gasteiger charge is 2.04. The van der Waals surface area contributed by atoms with E-state index in [9.17, 15) is 5.11 Å². The molecule has 0 bridgehead atoms. The maximum absolute atomic E-state index is 9.96. The molecule has 134 valence electrons. The predicted molar refractivity (Wildman–Crippen MR) is 99.7 cm³/mol. The summed E-state index contributed by atoms with van der Waals surface area (Å²) in [5.74, 6) is 2.43. The van der Waals surface area contributed by atoms with Gasteiger partial charge in [0.1, 0.15) is 23.9 Å². The van der Waals surface area contributed by atoms with Crippen molar-refractivity contribution in [1.82, 2.24) is 10.6 Å². The van der Waals surface area contributed by atoms with Gasteiger partial charge in [-0.25, -0.2) is 0 Å². The number of benzene rings is 2. The smallest absolute Gasteiger partial charge is 0.191 e. The number of methoxy groups -OCH3 is 1. The fourth-order valence-corrected chi connectivity index (χ4v) is 2.27. The Bertz CT molecular complexity index is 675. The van der Waals surface area contributed by atoms with Gasteiger partial charge in [0.2, 0.25) is 0 Å². The molecule has 0 saturated carbocycles. The van der Waals surface area contributed by atoms with E-state index in [2.05, 4.69) is 15.6 Å². The molecule has 0 amide bonds. The average Bonchev–Trinajstić information content (AvgIpc) is 2.65. The zero-order chi connectivity index (χ0) is 17.9. The summed E-state index contributed by atoms with van der Waals surface area (Å²) in [5.41, 5.74) is 0.858. The number of guanidine groups is 1. The van der Waals surface area contributed by atoms with E-state index in [1.54, 1.807) is 20.2 Å². The summed E-state index contributed by atoms with van der Waals surface area (Å²) >= 11 is 0. The number of phenolic OH excluding ortho intramolecular Hbond substituents is 1. The second-order valence-electron chi connectivity index (χ2n) is 5.33. The topological polar surface area (TPSA) is 75.1 Å². The molecule has 0 radical (unpaired) electrons. The third-order valence-electron chi connectivity index (χ3n) is 3.61. The highest BCUT2D eigenvalue weighted by molar-refractivity contribution is 5.79. The zero-order valence-electron chi connectivity index (χ0n) is 14.7. The van der Waals surface area contributed by atoms with E-state index < -0.39 is 0 Å². The Labute approximate surface area is 148 Å². The number of nitrogens with zero attached hydrogens (tertiary/aromatic N) is 1. The molecule has 2 aromatic carbocycles. The third kappa shape index (κ3) is 6.25. The number of rotatable bonds is 8. The minimum Gasteiger partial charge on any atom is -0.508 e. The van der Waals surface area contributed by atoms with Crippen molar-refractivity contribution in [2.75, 3.05) is 33.9 Å². The van der Waals surface area contributed by atoms with E-state index >= 15 is 0 Å². The lowest BCUT2D eigenvalue weighted by Crippen LogP contribution is -2.40. The van der Waals surface area contributed by atoms with Crippen LogP contribution in [0.3, 0.4) is 0 Å². The average molecular weight is 343 g/mol. The minimum absolute atomic E-state index is 0.236. The van der Waals surface area contributed by atoms with Crippen LogP contribution in [0.1, 0.15) is 5.56 Å². The molecule has 0 spiro atoms. The van der Waals surface area contributed by atoms with Gasteiger partial charge in [-0.05, 0) is 30.2 Å². The lowest BCUT2D eigenvalue weighted by Gasteiger charge is -2.13. The first-order valence-corrected chi connectivity index (χ1v) is 8.21. The fraction of sp³-hybridized carbons (Fsp3) is 0.316. The van der Waals surface area contributed by atoms with Crippen LogP contribution >= 0.6 is 0 Å². The molecule has 0 aliphatic heterocycles. The van der Waals surface area contributed by atoms with Crippen LogP contribution in [0.4, 0.5) is 0 Å². The monoisotopic (exact) mass is 343 g/mol. The molecule has 0 unspecified atom stereocenters. The molecule has 6 heteroatoms. The normalized spacial score (nSPS) is 11.0.